The van der Waals surface area contributed by atoms with E-state index in [1.807, 2.05) is 35.3 Å². The summed E-state index contributed by atoms with van der Waals surface area (Å²) in [5.74, 6) is -0.0298. The number of para-hydroxylation sites is 1. The van der Waals surface area contributed by atoms with Gasteiger partial charge in [-0.15, -0.1) is 0 Å². The van der Waals surface area contributed by atoms with Gasteiger partial charge in [-0.3, -0.25) is 10.2 Å². The van der Waals surface area contributed by atoms with Crippen molar-refractivity contribution in [3.63, 3.8) is 0 Å². The second-order valence-corrected chi connectivity index (χ2v) is 6.75. The number of aromatic amines is 1. The number of amides is 1. The Morgan fingerprint density at radius 2 is 1.67 bits per heavy atom. The van der Waals surface area contributed by atoms with Crippen LogP contribution in [0.2, 0.25) is 0 Å². The molecule has 1 aliphatic heterocycles. The Bertz CT molecular complexity index is 870. The highest BCUT2D eigenvalue weighted by atomic mass is 16.2. The monoisotopic (exact) mass is 366 g/mol. The number of piperazine rings is 1. The van der Waals surface area contributed by atoms with Gasteiger partial charge in [-0.1, -0.05) is 36.4 Å². The summed E-state index contributed by atoms with van der Waals surface area (Å²) in [6.07, 6.45) is 3.17. The first-order valence-corrected chi connectivity index (χ1v) is 9.18. The first-order chi connectivity index (χ1) is 12.8. The van der Waals surface area contributed by atoms with E-state index < -0.39 is 0 Å². The van der Waals surface area contributed by atoms with Gasteiger partial charge in [0.15, 0.2) is 0 Å². The Hall–Kier alpha value is -2.67. The number of hydrogen-bond acceptors (Lipinski definition) is 3. The molecule has 27 heavy (non-hydrogen) atoms. The number of rotatable bonds is 5. The maximum atomic E-state index is 12.2. The lowest BCUT2D eigenvalue weighted by molar-refractivity contribution is 0.0622. The minimum Gasteiger partial charge on any atom is -0.412 e. The topological polar surface area (TPSA) is 82.9 Å². The minimum absolute atomic E-state index is 0. The van der Waals surface area contributed by atoms with Crippen LogP contribution in [-0.2, 0) is 6.42 Å². The van der Waals surface area contributed by atoms with Crippen molar-refractivity contribution in [1.82, 2.24) is 20.3 Å². The molecule has 0 saturated carbocycles. The summed E-state index contributed by atoms with van der Waals surface area (Å²) in [5.41, 5.74) is 6.30. The molecule has 1 saturated heterocycles. The van der Waals surface area contributed by atoms with Gasteiger partial charge in [-0.05, 0) is 30.2 Å². The van der Waals surface area contributed by atoms with Crippen LogP contribution in [0.15, 0.2) is 60.8 Å². The van der Waals surface area contributed by atoms with Crippen LogP contribution in [0.25, 0.3) is 10.9 Å². The van der Waals surface area contributed by atoms with Crippen molar-refractivity contribution in [1.29, 1.82) is 0 Å². The molecule has 1 aliphatic rings. The van der Waals surface area contributed by atoms with Gasteiger partial charge in [0, 0.05) is 55.4 Å². The summed E-state index contributed by atoms with van der Waals surface area (Å²) in [6.45, 7) is 4.69. The summed E-state index contributed by atoms with van der Waals surface area (Å²) >= 11 is 0. The summed E-state index contributed by atoms with van der Waals surface area (Å²) < 4.78 is 0. The molecule has 0 bridgehead atoms. The molecule has 2 aromatic carbocycles. The van der Waals surface area contributed by atoms with E-state index >= 15 is 0 Å². The molecule has 4 N–H and O–H groups in total. The smallest absolute Gasteiger partial charge is 0.265 e. The Balaban J connectivity index is 0.00000210. The number of carbonyl (C=O) groups is 1. The Kier molecular flexibility index (Phi) is 6.24. The van der Waals surface area contributed by atoms with Crippen molar-refractivity contribution in [2.75, 3.05) is 32.7 Å². The van der Waals surface area contributed by atoms with Crippen molar-refractivity contribution in [2.45, 2.75) is 6.42 Å². The van der Waals surface area contributed by atoms with E-state index in [9.17, 15) is 4.79 Å². The van der Waals surface area contributed by atoms with E-state index in [1.165, 1.54) is 16.5 Å². The number of H-pyrrole nitrogens is 1. The summed E-state index contributed by atoms with van der Waals surface area (Å²) in [7, 11) is 0. The third-order valence-corrected chi connectivity index (χ3v) is 5.04. The Morgan fingerprint density at radius 1 is 0.963 bits per heavy atom. The molecule has 1 aromatic heterocycles. The lowest BCUT2D eigenvalue weighted by Gasteiger charge is -2.34. The third kappa shape index (κ3) is 4.54. The lowest BCUT2D eigenvalue weighted by atomic mass is 10.1. The normalized spacial score (nSPS) is 15.4. The summed E-state index contributed by atoms with van der Waals surface area (Å²) in [5, 5.41) is 3.35. The van der Waals surface area contributed by atoms with E-state index in [1.54, 1.807) is 0 Å². The van der Waals surface area contributed by atoms with Crippen molar-refractivity contribution in [3.05, 3.63) is 71.9 Å². The zero-order chi connectivity index (χ0) is 17.8. The number of nitrogens with zero attached hydrogens (tertiary/aromatic N) is 2. The van der Waals surface area contributed by atoms with Crippen LogP contribution in [0.1, 0.15) is 15.9 Å². The number of hydrogen-bond donors (Lipinski definition) is 2. The van der Waals surface area contributed by atoms with Crippen LogP contribution >= 0.6 is 0 Å². The Morgan fingerprint density at radius 3 is 2.44 bits per heavy atom. The molecule has 142 valence electrons. The largest absolute Gasteiger partial charge is 0.412 e. The predicted octanol–water partition coefficient (Wildman–Crippen LogP) is 1.85. The van der Waals surface area contributed by atoms with Gasteiger partial charge in [0.2, 0.25) is 0 Å². The average Bonchev–Trinajstić information content (AvgIpc) is 3.11. The number of aromatic nitrogens is 1. The van der Waals surface area contributed by atoms with Gasteiger partial charge in [0.25, 0.3) is 5.91 Å². The molecule has 0 spiro atoms. The van der Waals surface area contributed by atoms with Crippen LogP contribution in [0.3, 0.4) is 0 Å². The standard InChI is InChI=1S/C21H24N4O.H2O/c26-21(17-6-2-1-3-7-17)23-25-14-12-24(13-15-25)11-10-18-16-22-20-9-5-4-8-19(18)20;/h1-9,16,22H,10-15H2,(H,23,26);1H2. The van der Waals surface area contributed by atoms with Crippen molar-refractivity contribution in [3.8, 4) is 0 Å². The lowest BCUT2D eigenvalue weighted by Crippen LogP contribution is -2.53. The highest BCUT2D eigenvalue weighted by Crippen LogP contribution is 2.18. The van der Waals surface area contributed by atoms with Crippen LogP contribution in [-0.4, -0.2) is 59.0 Å². The number of nitrogens with one attached hydrogen (secondary N) is 2. The van der Waals surface area contributed by atoms with Crippen molar-refractivity contribution >= 4 is 16.8 Å². The van der Waals surface area contributed by atoms with E-state index in [4.69, 9.17) is 0 Å². The van der Waals surface area contributed by atoms with E-state index in [-0.39, 0.29) is 11.4 Å². The molecule has 6 heteroatoms. The van der Waals surface area contributed by atoms with Gasteiger partial charge >= 0.3 is 0 Å². The van der Waals surface area contributed by atoms with Gasteiger partial charge in [0.1, 0.15) is 0 Å². The highest BCUT2D eigenvalue weighted by molar-refractivity contribution is 5.93. The maximum Gasteiger partial charge on any atom is 0.265 e. The molecule has 6 nitrogen and oxygen atoms in total. The Labute approximate surface area is 159 Å². The molecule has 2 heterocycles. The van der Waals surface area contributed by atoms with Crippen LogP contribution in [0, 0.1) is 0 Å². The fourth-order valence-electron chi connectivity index (χ4n) is 3.50. The number of carbonyl (C=O) groups excluding carboxylic acids is 1. The molecule has 1 fully saturated rings. The summed E-state index contributed by atoms with van der Waals surface area (Å²) in [6, 6.07) is 17.8. The van der Waals surface area contributed by atoms with Gasteiger partial charge in [0.05, 0.1) is 0 Å². The molecule has 1 amide bonds. The van der Waals surface area contributed by atoms with Crippen molar-refractivity contribution in [2.24, 2.45) is 0 Å². The first kappa shape index (κ1) is 19.1. The highest BCUT2D eigenvalue weighted by Gasteiger charge is 2.19. The molecule has 0 aliphatic carbocycles. The molecule has 4 rings (SSSR count). The zero-order valence-corrected chi connectivity index (χ0v) is 15.3. The fourth-order valence-corrected chi connectivity index (χ4v) is 3.50. The third-order valence-electron chi connectivity index (χ3n) is 5.04. The second-order valence-electron chi connectivity index (χ2n) is 6.75. The molecular formula is C21H26N4O2. The molecule has 0 unspecified atom stereocenters. The average molecular weight is 366 g/mol. The molecule has 0 radical (unpaired) electrons. The molecular weight excluding hydrogens is 340 g/mol. The minimum atomic E-state index is -0.0298. The van der Waals surface area contributed by atoms with Gasteiger partial charge in [-0.2, -0.15) is 0 Å². The summed E-state index contributed by atoms with van der Waals surface area (Å²) in [4.78, 5) is 18.0. The maximum absolute atomic E-state index is 12.2. The van der Waals surface area contributed by atoms with Crippen molar-refractivity contribution < 1.29 is 10.3 Å². The predicted molar refractivity (Wildman–Crippen MR) is 108 cm³/mol. The van der Waals surface area contributed by atoms with Crippen LogP contribution in [0.4, 0.5) is 0 Å². The second kappa shape index (κ2) is 8.81. The van der Waals surface area contributed by atoms with Crippen LogP contribution < -0.4 is 5.43 Å². The van der Waals surface area contributed by atoms with E-state index in [0.717, 1.165) is 39.1 Å². The first-order valence-electron chi connectivity index (χ1n) is 9.18. The van der Waals surface area contributed by atoms with Gasteiger partial charge < -0.3 is 15.4 Å². The number of benzene rings is 2. The van der Waals surface area contributed by atoms with E-state index in [0.29, 0.717) is 5.56 Å². The van der Waals surface area contributed by atoms with Crippen LogP contribution in [0.5, 0.6) is 0 Å². The molecule has 3 aromatic rings. The quantitative estimate of drug-likeness (QED) is 0.723. The zero-order valence-electron chi connectivity index (χ0n) is 15.3. The number of hydrazine groups is 1. The SMILES string of the molecule is O.O=C(NN1CCN(CCc2c[nH]c3ccccc23)CC1)c1ccccc1. The molecule has 0 atom stereocenters. The van der Waals surface area contributed by atoms with E-state index in [2.05, 4.69) is 45.8 Å². The fraction of sp³-hybridized carbons (Fsp3) is 0.286. The van der Waals surface area contributed by atoms with Gasteiger partial charge in [-0.25, -0.2) is 5.01 Å². The number of fused-ring (bicyclic) bond motifs is 1.